The Hall–Kier alpha value is -4.16. The SMILES string of the molecule is O=C(O)CCC(=O)NCCCOCCOCCOCCOCCOCCOCCOCCOCCOCCOCCNc1cccc2c1C(=O)N(C1CCC(=O)NC1=O)C2=O. The van der Waals surface area contributed by atoms with Gasteiger partial charge in [-0.3, -0.25) is 39.0 Å². The van der Waals surface area contributed by atoms with Crippen LogP contribution in [0.4, 0.5) is 5.69 Å². The molecular formula is C40H62N4O17. The molecule has 3 rings (SSSR count). The average molecular weight is 871 g/mol. The van der Waals surface area contributed by atoms with Gasteiger partial charge in [-0.1, -0.05) is 6.07 Å². The van der Waals surface area contributed by atoms with Gasteiger partial charge in [0.2, 0.25) is 17.7 Å². The van der Waals surface area contributed by atoms with Crippen molar-refractivity contribution in [2.75, 3.05) is 151 Å². The van der Waals surface area contributed by atoms with Gasteiger partial charge in [0.05, 0.1) is 143 Å². The van der Waals surface area contributed by atoms with Crippen LogP contribution in [0.5, 0.6) is 0 Å². The predicted octanol–water partition coefficient (Wildman–Crippen LogP) is 0.0368. The molecule has 2 aliphatic rings. The van der Waals surface area contributed by atoms with Crippen molar-refractivity contribution in [3.8, 4) is 0 Å². The lowest BCUT2D eigenvalue weighted by atomic mass is 10.0. The summed E-state index contributed by atoms with van der Waals surface area (Å²) in [6, 6.07) is 3.88. The van der Waals surface area contributed by atoms with E-state index in [0.29, 0.717) is 157 Å². The van der Waals surface area contributed by atoms with E-state index in [1.54, 1.807) is 18.2 Å². The molecule has 0 aliphatic carbocycles. The number of anilines is 1. The van der Waals surface area contributed by atoms with E-state index in [0.717, 1.165) is 4.90 Å². The van der Waals surface area contributed by atoms with E-state index in [4.69, 9.17) is 52.5 Å². The van der Waals surface area contributed by atoms with Crippen LogP contribution in [-0.2, 0) is 66.5 Å². The van der Waals surface area contributed by atoms with Crippen molar-refractivity contribution < 1.29 is 81.2 Å². The molecular weight excluding hydrogens is 808 g/mol. The average Bonchev–Trinajstić information content (AvgIpc) is 3.50. The van der Waals surface area contributed by atoms with Crippen molar-refractivity contribution in [3.63, 3.8) is 0 Å². The van der Waals surface area contributed by atoms with Crippen LogP contribution in [0, 0.1) is 0 Å². The number of aliphatic carboxylic acids is 1. The highest BCUT2D eigenvalue weighted by Gasteiger charge is 2.45. The van der Waals surface area contributed by atoms with Crippen LogP contribution < -0.4 is 16.0 Å². The minimum atomic E-state index is -1.02. The second-order valence-corrected chi connectivity index (χ2v) is 13.3. The number of carbonyl (C=O) groups is 6. The zero-order chi connectivity index (χ0) is 43.8. The van der Waals surface area contributed by atoms with Gasteiger partial charge in [0.15, 0.2) is 0 Å². The number of rotatable bonds is 39. The standard InChI is InChI=1S/C40H62N4O17/c45-34(7-8-36(47)48)42-9-2-11-52-13-15-54-17-19-56-21-23-58-25-27-60-29-30-61-28-26-59-24-22-57-20-18-55-16-14-53-12-10-41-32-4-1-3-31-37(32)40(51)44(39(31)50)33-5-6-35(46)43-38(33)49/h1,3-4,33,41H,2,5-30H2,(H,42,45)(H,47,48)(H,43,46,49). The highest BCUT2D eigenvalue weighted by atomic mass is 16.6. The fourth-order valence-corrected chi connectivity index (χ4v) is 5.71. The Morgan fingerprint density at radius 1 is 0.607 bits per heavy atom. The molecule has 1 atom stereocenters. The predicted molar refractivity (Wildman–Crippen MR) is 214 cm³/mol. The van der Waals surface area contributed by atoms with Gasteiger partial charge in [0.1, 0.15) is 6.04 Å². The highest BCUT2D eigenvalue weighted by Crippen LogP contribution is 2.32. The van der Waals surface area contributed by atoms with E-state index in [1.807, 2.05) is 0 Å². The molecule has 1 unspecified atom stereocenters. The summed E-state index contributed by atoms with van der Waals surface area (Å²) in [5.41, 5.74) is 0.884. The van der Waals surface area contributed by atoms with E-state index in [9.17, 15) is 28.8 Å². The van der Waals surface area contributed by atoms with Gasteiger partial charge in [-0.2, -0.15) is 0 Å². The number of nitrogens with zero attached hydrogens (tertiary/aromatic N) is 1. The van der Waals surface area contributed by atoms with Crippen molar-refractivity contribution in [2.45, 2.75) is 38.1 Å². The first-order chi connectivity index (χ1) is 29.8. The number of amides is 5. The van der Waals surface area contributed by atoms with Crippen LogP contribution in [0.2, 0.25) is 0 Å². The molecule has 5 amide bonds. The van der Waals surface area contributed by atoms with Crippen molar-refractivity contribution in [1.82, 2.24) is 15.5 Å². The second-order valence-electron chi connectivity index (χ2n) is 13.3. The Bertz CT molecular complexity index is 1470. The third-order valence-electron chi connectivity index (χ3n) is 8.73. The second kappa shape index (κ2) is 32.5. The molecule has 0 spiro atoms. The summed E-state index contributed by atoms with van der Waals surface area (Å²) < 4.78 is 54.8. The molecule has 2 aliphatic heterocycles. The minimum absolute atomic E-state index is 0.0220. The van der Waals surface area contributed by atoms with E-state index in [2.05, 4.69) is 16.0 Å². The van der Waals surface area contributed by atoms with Crippen LogP contribution in [0.3, 0.4) is 0 Å². The molecule has 1 aromatic rings. The first-order valence-electron chi connectivity index (χ1n) is 20.6. The number of piperidine rings is 1. The van der Waals surface area contributed by atoms with Crippen LogP contribution in [0.25, 0.3) is 0 Å². The molecule has 0 saturated carbocycles. The number of carboxylic acids is 1. The fourth-order valence-electron chi connectivity index (χ4n) is 5.71. The van der Waals surface area contributed by atoms with Crippen LogP contribution in [0.15, 0.2) is 18.2 Å². The maximum atomic E-state index is 13.2. The van der Waals surface area contributed by atoms with E-state index < -0.39 is 35.6 Å². The highest BCUT2D eigenvalue weighted by molar-refractivity contribution is 6.25. The third kappa shape index (κ3) is 22.0. The molecule has 1 aromatic carbocycles. The number of carboxylic acid groups (broad SMARTS) is 1. The molecule has 21 nitrogen and oxygen atoms in total. The number of hydrogen-bond acceptors (Lipinski definition) is 17. The number of hydrogen-bond donors (Lipinski definition) is 4. The maximum absolute atomic E-state index is 13.2. The lowest BCUT2D eigenvalue weighted by Crippen LogP contribution is -2.54. The monoisotopic (exact) mass is 870 g/mol. The zero-order valence-corrected chi connectivity index (χ0v) is 34.8. The molecule has 344 valence electrons. The topological polar surface area (TPSA) is 254 Å². The lowest BCUT2D eigenvalue weighted by Gasteiger charge is -2.27. The maximum Gasteiger partial charge on any atom is 0.303 e. The summed E-state index contributed by atoms with van der Waals surface area (Å²) >= 11 is 0. The Labute approximate surface area is 355 Å². The zero-order valence-electron chi connectivity index (χ0n) is 34.8. The molecule has 0 bridgehead atoms. The Morgan fingerprint density at radius 3 is 1.52 bits per heavy atom. The largest absolute Gasteiger partial charge is 0.481 e. The van der Waals surface area contributed by atoms with Gasteiger partial charge in [0.25, 0.3) is 11.8 Å². The third-order valence-corrected chi connectivity index (χ3v) is 8.73. The number of carbonyl (C=O) groups excluding carboxylic acids is 5. The molecule has 1 saturated heterocycles. The summed E-state index contributed by atoms with van der Waals surface area (Å²) in [5, 5.41) is 16.5. The summed E-state index contributed by atoms with van der Waals surface area (Å²) in [6.07, 6.45) is 0.596. The normalized spacial score (nSPS) is 15.0. The smallest absolute Gasteiger partial charge is 0.303 e. The van der Waals surface area contributed by atoms with E-state index in [-0.39, 0.29) is 42.7 Å². The van der Waals surface area contributed by atoms with Crippen molar-refractivity contribution in [1.29, 1.82) is 0 Å². The van der Waals surface area contributed by atoms with Crippen molar-refractivity contribution in [3.05, 3.63) is 29.3 Å². The number of benzene rings is 1. The van der Waals surface area contributed by atoms with Gasteiger partial charge < -0.3 is 63.1 Å². The van der Waals surface area contributed by atoms with Gasteiger partial charge >= 0.3 is 5.97 Å². The van der Waals surface area contributed by atoms with Crippen LogP contribution in [-0.4, -0.2) is 197 Å². The quantitative estimate of drug-likeness (QED) is 0.0503. The van der Waals surface area contributed by atoms with Gasteiger partial charge in [-0.25, -0.2) is 0 Å². The van der Waals surface area contributed by atoms with Gasteiger partial charge in [0, 0.05) is 38.2 Å². The number of imide groups is 2. The van der Waals surface area contributed by atoms with Gasteiger partial charge in [-0.15, -0.1) is 0 Å². The Morgan fingerprint density at radius 2 is 1.07 bits per heavy atom. The number of fused-ring (bicyclic) bond motifs is 1. The van der Waals surface area contributed by atoms with Crippen LogP contribution in [0.1, 0.15) is 52.8 Å². The Kier molecular flexibility index (Phi) is 27.3. The molecule has 2 heterocycles. The fraction of sp³-hybridized carbons (Fsp3) is 0.700. The minimum Gasteiger partial charge on any atom is -0.481 e. The number of ether oxygens (including phenoxy) is 10. The first kappa shape index (κ1) is 51.2. The summed E-state index contributed by atoms with van der Waals surface area (Å²) in [4.78, 5) is 72.7. The summed E-state index contributed by atoms with van der Waals surface area (Å²) in [6.45, 7) is 9.40. The molecule has 4 N–H and O–H groups in total. The van der Waals surface area contributed by atoms with E-state index in [1.165, 1.54) is 0 Å². The first-order valence-corrected chi connectivity index (χ1v) is 20.6. The van der Waals surface area contributed by atoms with Crippen molar-refractivity contribution in [2.24, 2.45) is 0 Å². The molecule has 61 heavy (non-hydrogen) atoms. The molecule has 21 heteroatoms. The molecule has 0 radical (unpaired) electrons. The molecule has 0 aromatic heterocycles. The summed E-state index contributed by atoms with van der Waals surface area (Å²) in [5.74, 6) is -3.46. The lowest BCUT2D eigenvalue weighted by molar-refractivity contribution is -0.139. The molecule has 1 fully saturated rings. The number of nitrogens with one attached hydrogen (secondary N) is 3. The van der Waals surface area contributed by atoms with Crippen LogP contribution >= 0.6 is 0 Å². The Balaban J connectivity index is 0.978. The van der Waals surface area contributed by atoms with E-state index >= 15 is 0 Å². The van der Waals surface area contributed by atoms with Gasteiger partial charge in [-0.05, 0) is 25.0 Å². The van der Waals surface area contributed by atoms with Crippen molar-refractivity contribution >= 4 is 41.2 Å². The summed E-state index contributed by atoms with van der Waals surface area (Å²) in [7, 11) is 0.